The lowest BCUT2D eigenvalue weighted by Gasteiger charge is -2.14. The van der Waals surface area contributed by atoms with E-state index < -0.39 is 34.4 Å². The van der Waals surface area contributed by atoms with Gasteiger partial charge in [-0.2, -0.15) is 9.97 Å². The van der Waals surface area contributed by atoms with E-state index in [0.717, 1.165) is 11.6 Å². The number of aromatic amines is 2. The Labute approximate surface area is 185 Å². The smallest absolute Gasteiger partial charge is 0.258 e. The van der Waals surface area contributed by atoms with Crippen molar-refractivity contribution in [1.82, 2.24) is 19.9 Å². The summed E-state index contributed by atoms with van der Waals surface area (Å²) >= 11 is 0. The number of nitrogens with zero attached hydrogens (tertiary/aromatic N) is 3. The highest BCUT2D eigenvalue weighted by molar-refractivity contribution is 6.03. The maximum absolute atomic E-state index is 12.4. The highest BCUT2D eigenvalue weighted by Gasteiger charge is 2.24. The minimum Gasteiger partial charge on any atom is -0.383 e. The van der Waals surface area contributed by atoms with Gasteiger partial charge in [-0.1, -0.05) is 12.1 Å². The molecule has 1 aromatic carbocycles. The molecule has 1 amide bonds. The summed E-state index contributed by atoms with van der Waals surface area (Å²) in [7, 11) is 0. The van der Waals surface area contributed by atoms with E-state index in [4.69, 9.17) is 17.2 Å². The van der Waals surface area contributed by atoms with Gasteiger partial charge in [0.2, 0.25) is 18.4 Å². The molecule has 14 nitrogen and oxygen atoms in total. The fraction of sp³-hybridized carbons (Fsp3) is 0.211. The van der Waals surface area contributed by atoms with Crippen molar-refractivity contribution in [2.24, 2.45) is 0 Å². The number of benzene rings is 1. The third kappa shape index (κ3) is 5.90. The molecule has 1 atom stereocenters. The van der Waals surface area contributed by atoms with Crippen LogP contribution in [0.25, 0.3) is 0 Å². The van der Waals surface area contributed by atoms with Gasteiger partial charge in [0, 0.05) is 16.6 Å². The molecule has 0 bridgehead atoms. The number of aryl methyl sites for hydroxylation is 1. The molecular formula is C19H21N9O5. The largest absolute Gasteiger partial charge is 0.383 e. The first kappa shape index (κ1) is 22.9. The van der Waals surface area contributed by atoms with Gasteiger partial charge in [-0.3, -0.25) is 34.5 Å². The van der Waals surface area contributed by atoms with E-state index in [1.54, 1.807) is 24.3 Å². The van der Waals surface area contributed by atoms with Gasteiger partial charge < -0.3 is 22.5 Å². The van der Waals surface area contributed by atoms with E-state index >= 15 is 0 Å². The zero-order valence-corrected chi connectivity index (χ0v) is 17.2. The maximum atomic E-state index is 12.4. The average Bonchev–Trinajstić information content (AvgIpc) is 2.70. The van der Waals surface area contributed by atoms with Crippen LogP contribution in [0.15, 0.2) is 39.9 Å². The number of rotatable bonds is 8. The molecule has 3 aromatic rings. The first-order valence-corrected chi connectivity index (χ1v) is 9.66. The second-order valence-corrected chi connectivity index (χ2v) is 7.17. The number of carbonyl (C=O) groups is 1. The second kappa shape index (κ2) is 9.59. The molecule has 0 saturated heterocycles. The van der Waals surface area contributed by atoms with Crippen molar-refractivity contribution in [3.63, 3.8) is 0 Å². The SMILES string of the molecule is Nc1nc(NC(=O)c2ccc(CCC(C[N+](=O)[O-])c3c(N)nc(N)[nH]c3=O)cc2)cc(=O)[nH]1. The Morgan fingerprint density at radius 2 is 1.76 bits per heavy atom. The molecule has 33 heavy (non-hydrogen) atoms. The van der Waals surface area contributed by atoms with Gasteiger partial charge in [-0.15, -0.1) is 0 Å². The van der Waals surface area contributed by atoms with Crippen molar-refractivity contribution in [1.29, 1.82) is 0 Å². The van der Waals surface area contributed by atoms with Crippen molar-refractivity contribution in [3.05, 3.63) is 77.8 Å². The lowest BCUT2D eigenvalue weighted by Crippen LogP contribution is -2.26. The van der Waals surface area contributed by atoms with E-state index in [1.807, 2.05) is 0 Å². The number of aromatic nitrogens is 4. The summed E-state index contributed by atoms with van der Waals surface area (Å²) in [5.41, 5.74) is 16.7. The Kier molecular flexibility index (Phi) is 6.66. The molecule has 2 aromatic heterocycles. The van der Waals surface area contributed by atoms with Crippen LogP contribution in [-0.2, 0) is 6.42 Å². The van der Waals surface area contributed by atoms with Crippen molar-refractivity contribution in [2.75, 3.05) is 29.1 Å². The van der Waals surface area contributed by atoms with Crippen LogP contribution in [-0.4, -0.2) is 37.3 Å². The number of H-pyrrole nitrogens is 2. The van der Waals surface area contributed by atoms with Gasteiger partial charge in [0.15, 0.2) is 0 Å². The molecule has 0 radical (unpaired) electrons. The Balaban J connectivity index is 1.71. The molecule has 0 aliphatic rings. The Morgan fingerprint density at radius 1 is 1.09 bits per heavy atom. The topological polar surface area (TPSA) is 242 Å². The number of amides is 1. The van der Waals surface area contributed by atoms with E-state index in [2.05, 4.69) is 25.3 Å². The molecule has 0 aliphatic heterocycles. The number of carbonyl (C=O) groups excluding carboxylic acids is 1. The first-order chi connectivity index (χ1) is 15.6. The summed E-state index contributed by atoms with van der Waals surface area (Å²) in [6.45, 7) is -0.508. The van der Waals surface area contributed by atoms with Gasteiger partial charge in [-0.05, 0) is 30.5 Å². The number of hydrogen-bond acceptors (Lipinski definition) is 10. The second-order valence-electron chi connectivity index (χ2n) is 7.17. The molecule has 0 aliphatic carbocycles. The van der Waals surface area contributed by atoms with Gasteiger partial charge in [-0.25, -0.2) is 0 Å². The van der Waals surface area contributed by atoms with Gasteiger partial charge >= 0.3 is 0 Å². The molecule has 0 saturated carbocycles. The monoisotopic (exact) mass is 455 g/mol. The van der Waals surface area contributed by atoms with Crippen LogP contribution in [0, 0.1) is 10.1 Å². The average molecular weight is 455 g/mol. The van der Waals surface area contributed by atoms with Crippen LogP contribution in [0.2, 0.25) is 0 Å². The van der Waals surface area contributed by atoms with Crippen molar-refractivity contribution in [2.45, 2.75) is 18.8 Å². The normalized spacial score (nSPS) is 11.6. The summed E-state index contributed by atoms with van der Waals surface area (Å²) in [6.07, 6.45) is 0.608. The summed E-state index contributed by atoms with van der Waals surface area (Å²) in [5, 5.41) is 13.6. The Bertz CT molecular complexity index is 1300. The number of nitrogens with one attached hydrogen (secondary N) is 3. The predicted molar refractivity (Wildman–Crippen MR) is 120 cm³/mol. The van der Waals surface area contributed by atoms with Crippen molar-refractivity contribution >= 4 is 29.4 Å². The van der Waals surface area contributed by atoms with Gasteiger partial charge in [0.1, 0.15) is 11.6 Å². The third-order valence-electron chi connectivity index (χ3n) is 4.78. The highest BCUT2D eigenvalue weighted by atomic mass is 16.6. The number of anilines is 4. The molecule has 0 fully saturated rings. The third-order valence-corrected chi connectivity index (χ3v) is 4.78. The standard InChI is InChI=1S/C19H21N9O5/c20-15-14(17(31)27-19(22)26-15)11(8-28(32)33)6-3-9-1-4-10(5-2-9)16(30)23-12-7-13(29)25-18(21)24-12/h1-2,4-5,7,11H,3,6,8H2,(H5,20,22,26,27,31)(H4,21,23,24,25,29,30). The molecule has 2 heterocycles. The van der Waals surface area contributed by atoms with Crippen molar-refractivity contribution < 1.29 is 9.72 Å². The first-order valence-electron chi connectivity index (χ1n) is 9.66. The molecule has 3 rings (SSSR count). The summed E-state index contributed by atoms with van der Waals surface area (Å²) in [6, 6.07) is 7.54. The zero-order chi connectivity index (χ0) is 24.1. The van der Waals surface area contributed by atoms with Gasteiger partial charge in [0.05, 0.1) is 11.5 Å². The lowest BCUT2D eigenvalue weighted by atomic mass is 9.93. The zero-order valence-electron chi connectivity index (χ0n) is 17.2. The number of nitro groups is 1. The fourth-order valence-electron chi connectivity index (χ4n) is 3.31. The highest BCUT2D eigenvalue weighted by Crippen LogP contribution is 2.23. The number of hydrogen-bond donors (Lipinski definition) is 6. The summed E-state index contributed by atoms with van der Waals surface area (Å²) in [4.78, 5) is 58.8. The van der Waals surface area contributed by atoms with Gasteiger partial charge in [0.25, 0.3) is 17.0 Å². The molecule has 14 heteroatoms. The molecule has 172 valence electrons. The molecule has 9 N–H and O–H groups in total. The minimum absolute atomic E-state index is 0.00728. The molecule has 1 unspecified atom stereocenters. The predicted octanol–water partition coefficient (Wildman–Crippen LogP) is -0.155. The van der Waals surface area contributed by atoms with Crippen molar-refractivity contribution in [3.8, 4) is 0 Å². The van der Waals surface area contributed by atoms with Crippen LogP contribution in [0.4, 0.5) is 23.5 Å². The van der Waals surface area contributed by atoms with Crippen LogP contribution in [0.1, 0.15) is 33.8 Å². The fourth-order valence-corrected chi connectivity index (χ4v) is 3.31. The van der Waals surface area contributed by atoms with Crippen LogP contribution >= 0.6 is 0 Å². The lowest BCUT2D eigenvalue weighted by molar-refractivity contribution is -0.483. The number of nitrogens with two attached hydrogens (primary N) is 3. The van der Waals surface area contributed by atoms with Crippen LogP contribution in [0.5, 0.6) is 0 Å². The maximum Gasteiger partial charge on any atom is 0.258 e. The van der Waals surface area contributed by atoms with E-state index in [-0.39, 0.29) is 35.5 Å². The quantitative estimate of drug-likeness (QED) is 0.194. The molecular weight excluding hydrogens is 434 g/mol. The number of nitrogen functional groups attached to an aromatic ring is 3. The summed E-state index contributed by atoms with van der Waals surface area (Å²) < 4.78 is 0. The van der Waals surface area contributed by atoms with E-state index in [1.165, 1.54) is 0 Å². The summed E-state index contributed by atoms with van der Waals surface area (Å²) in [5.74, 6) is -1.73. The Hall–Kier alpha value is -4.75. The van der Waals surface area contributed by atoms with Crippen LogP contribution in [0.3, 0.4) is 0 Å². The van der Waals surface area contributed by atoms with E-state index in [0.29, 0.717) is 12.0 Å². The van der Waals surface area contributed by atoms with E-state index in [9.17, 15) is 24.5 Å². The molecule has 0 spiro atoms. The Morgan fingerprint density at radius 3 is 2.36 bits per heavy atom. The minimum atomic E-state index is -0.785. The van der Waals surface area contributed by atoms with Crippen LogP contribution < -0.4 is 33.6 Å².